The van der Waals surface area contributed by atoms with E-state index in [0.717, 1.165) is 54.0 Å². The lowest BCUT2D eigenvalue weighted by molar-refractivity contribution is 0.0772. The molecule has 0 saturated carbocycles. The fraction of sp³-hybridized carbons (Fsp3) is 0.278. The Hall–Kier alpha value is -2.25. The van der Waals surface area contributed by atoms with Crippen LogP contribution in [0.25, 0.3) is 11.4 Å². The first-order valence-corrected chi connectivity index (χ1v) is 9.93. The summed E-state index contributed by atoms with van der Waals surface area (Å²) in [5, 5.41) is 2.88. The van der Waals surface area contributed by atoms with Gasteiger partial charge in [-0.25, -0.2) is 0 Å². The number of anilines is 1. The standard InChI is InChI=1S/C18H18N4OS2/c23-17(15-8-4-13-24-15)21-9-5-10-22(12-11-21)18-19-16(20-25-18)14-6-2-1-3-7-14/h1-4,6-8,13H,5,9-12H2. The van der Waals surface area contributed by atoms with E-state index in [-0.39, 0.29) is 5.91 Å². The smallest absolute Gasteiger partial charge is 0.263 e. The lowest BCUT2D eigenvalue weighted by atomic mass is 10.2. The molecule has 0 radical (unpaired) electrons. The fourth-order valence-corrected chi connectivity index (χ4v) is 4.35. The number of hydrogen-bond donors (Lipinski definition) is 0. The topological polar surface area (TPSA) is 49.3 Å². The van der Waals surface area contributed by atoms with Crippen LogP contribution in [0, 0.1) is 0 Å². The molecule has 25 heavy (non-hydrogen) atoms. The van der Waals surface area contributed by atoms with Crippen molar-refractivity contribution >= 4 is 33.9 Å². The summed E-state index contributed by atoms with van der Waals surface area (Å²) in [4.78, 5) is 22.2. The highest BCUT2D eigenvalue weighted by atomic mass is 32.1. The Balaban J connectivity index is 1.45. The Morgan fingerprint density at radius 2 is 1.88 bits per heavy atom. The molecule has 0 bridgehead atoms. The average Bonchev–Trinajstić information content (AvgIpc) is 3.30. The average molecular weight is 371 g/mol. The van der Waals surface area contributed by atoms with Gasteiger partial charge >= 0.3 is 0 Å². The Morgan fingerprint density at radius 1 is 1.00 bits per heavy atom. The molecule has 1 saturated heterocycles. The lowest BCUT2D eigenvalue weighted by Gasteiger charge is -2.20. The molecule has 0 atom stereocenters. The summed E-state index contributed by atoms with van der Waals surface area (Å²) in [6.45, 7) is 3.20. The zero-order valence-corrected chi connectivity index (χ0v) is 15.3. The first-order valence-electron chi connectivity index (χ1n) is 8.28. The number of carbonyl (C=O) groups excluding carboxylic acids is 1. The van der Waals surface area contributed by atoms with Crippen molar-refractivity contribution in [1.82, 2.24) is 14.3 Å². The summed E-state index contributed by atoms with van der Waals surface area (Å²) < 4.78 is 4.50. The van der Waals surface area contributed by atoms with Crippen molar-refractivity contribution in [1.29, 1.82) is 0 Å². The quantitative estimate of drug-likeness (QED) is 0.707. The van der Waals surface area contributed by atoms with Gasteiger partial charge in [-0.3, -0.25) is 4.79 Å². The van der Waals surface area contributed by atoms with E-state index in [2.05, 4.69) is 9.27 Å². The van der Waals surface area contributed by atoms with Gasteiger partial charge in [-0.15, -0.1) is 11.3 Å². The van der Waals surface area contributed by atoms with Crippen LogP contribution in [0.4, 0.5) is 5.13 Å². The number of aromatic nitrogens is 2. The first-order chi connectivity index (χ1) is 12.3. The third-order valence-electron chi connectivity index (χ3n) is 4.23. The molecule has 0 unspecified atom stereocenters. The van der Waals surface area contributed by atoms with Crippen molar-refractivity contribution in [3.05, 3.63) is 52.7 Å². The molecule has 1 amide bonds. The SMILES string of the molecule is O=C(c1cccs1)N1CCCN(c2nc(-c3ccccc3)ns2)CC1. The normalized spacial score (nSPS) is 15.2. The van der Waals surface area contributed by atoms with E-state index < -0.39 is 0 Å². The molecule has 1 aromatic carbocycles. The summed E-state index contributed by atoms with van der Waals surface area (Å²) >= 11 is 2.94. The molecular weight excluding hydrogens is 352 g/mol. The molecule has 5 nitrogen and oxygen atoms in total. The highest BCUT2D eigenvalue weighted by Crippen LogP contribution is 2.25. The van der Waals surface area contributed by atoms with Crippen LogP contribution in [0.15, 0.2) is 47.8 Å². The van der Waals surface area contributed by atoms with E-state index in [0.29, 0.717) is 0 Å². The van der Waals surface area contributed by atoms with Crippen molar-refractivity contribution < 1.29 is 4.79 Å². The highest BCUT2D eigenvalue weighted by Gasteiger charge is 2.22. The van der Waals surface area contributed by atoms with Gasteiger partial charge in [-0.1, -0.05) is 36.4 Å². The third-order valence-corrected chi connectivity index (χ3v) is 5.87. The molecular formula is C18H18N4OS2. The van der Waals surface area contributed by atoms with E-state index >= 15 is 0 Å². The van der Waals surface area contributed by atoms with Gasteiger partial charge in [0.15, 0.2) is 5.82 Å². The highest BCUT2D eigenvalue weighted by molar-refractivity contribution is 7.12. The molecule has 4 rings (SSSR count). The molecule has 0 N–H and O–H groups in total. The van der Waals surface area contributed by atoms with Crippen molar-refractivity contribution in [2.24, 2.45) is 0 Å². The van der Waals surface area contributed by atoms with Crippen molar-refractivity contribution in [3.8, 4) is 11.4 Å². The summed E-state index contributed by atoms with van der Waals surface area (Å²) in [5.41, 5.74) is 1.04. The Bertz CT molecular complexity index is 832. The van der Waals surface area contributed by atoms with Crippen molar-refractivity contribution in [3.63, 3.8) is 0 Å². The maximum atomic E-state index is 12.5. The fourth-order valence-electron chi connectivity index (χ4n) is 2.92. The van der Waals surface area contributed by atoms with Gasteiger partial charge in [0.1, 0.15) is 0 Å². The van der Waals surface area contributed by atoms with E-state index in [1.54, 1.807) is 0 Å². The summed E-state index contributed by atoms with van der Waals surface area (Å²) in [5.74, 6) is 0.912. The maximum Gasteiger partial charge on any atom is 0.263 e. The van der Waals surface area contributed by atoms with Crippen LogP contribution >= 0.6 is 22.9 Å². The van der Waals surface area contributed by atoms with Gasteiger partial charge in [0.2, 0.25) is 5.13 Å². The number of rotatable bonds is 3. The van der Waals surface area contributed by atoms with Gasteiger partial charge in [0, 0.05) is 43.3 Å². The molecule has 1 aliphatic heterocycles. The second-order valence-corrected chi connectivity index (χ2v) is 7.55. The van der Waals surface area contributed by atoms with Crippen LogP contribution in [-0.4, -0.2) is 46.3 Å². The van der Waals surface area contributed by atoms with E-state index in [9.17, 15) is 4.79 Å². The summed E-state index contributed by atoms with van der Waals surface area (Å²) in [6.07, 6.45) is 0.942. The molecule has 0 aliphatic carbocycles. The summed E-state index contributed by atoms with van der Waals surface area (Å²) in [7, 11) is 0. The molecule has 0 spiro atoms. The maximum absolute atomic E-state index is 12.5. The zero-order chi connectivity index (χ0) is 17.1. The van der Waals surface area contributed by atoms with Crippen molar-refractivity contribution in [2.45, 2.75) is 6.42 Å². The van der Waals surface area contributed by atoms with Crippen LogP contribution in [0.1, 0.15) is 16.1 Å². The van der Waals surface area contributed by atoms with Crippen LogP contribution in [0.2, 0.25) is 0 Å². The number of hydrogen-bond acceptors (Lipinski definition) is 6. The van der Waals surface area contributed by atoms with Gasteiger partial charge in [0.25, 0.3) is 5.91 Å². The van der Waals surface area contributed by atoms with E-state index in [1.165, 1.54) is 22.9 Å². The Morgan fingerprint density at radius 3 is 2.68 bits per heavy atom. The number of nitrogens with zero attached hydrogens (tertiary/aromatic N) is 4. The Kier molecular flexibility index (Phi) is 4.76. The second-order valence-electron chi connectivity index (χ2n) is 5.88. The van der Waals surface area contributed by atoms with Gasteiger partial charge < -0.3 is 9.80 Å². The second kappa shape index (κ2) is 7.33. The third kappa shape index (κ3) is 3.57. The Labute approximate surface area is 154 Å². The first kappa shape index (κ1) is 16.2. The predicted molar refractivity (Wildman–Crippen MR) is 102 cm³/mol. The van der Waals surface area contributed by atoms with Crippen LogP contribution < -0.4 is 4.90 Å². The van der Waals surface area contributed by atoms with E-state index in [1.807, 2.05) is 52.7 Å². The number of amides is 1. The number of benzene rings is 1. The van der Waals surface area contributed by atoms with Crippen LogP contribution in [-0.2, 0) is 0 Å². The lowest BCUT2D eigenvalue weighted by Crippen LogP contribution is -2.34. The minimum absolute atomic E-state index is 0.138. The predicted octanol–water partition coefficient (Wildman–Crippen LogP) is 3.62. The molecule has 3 heterocycles. The molecule has 1 fully saturated rings. The van der Waals surface area contributed by atoms with Crippen LogP contribution in [0.3, 0.4) is 0 Å². The minimum Gasteiger partial charge on any atom is -0.345 e. The molecule has 3 aromatic rings. The number of thiophene rings is 1. The molecule has 1 aliphatic rings. The monoisotopic (exact) mass is 370 g/mol. The summed E-state index contributed by atoms with van der Waals surface area (Å²) in [6, 6.07) is 13.9. The molecule has 128 valence electrons. The van der Waals surface area contributed by atoms with E-state index in [4.69, 9.17) is 4.98 Å². The zero-order valence-electron chi connectivity index (χ0n) is 13.7. The van der Waals surface area contributed by atoms with Crippen molar-refractivity contribution in [2.75, 3.05) is 31.1 Å². The van der Waals surface area contributed by atoms with Gasteiger partial charge in [0.05, 0.1) is 4.88 Å². The molecule has 2 aromatic heterocycles. The van der Waals surface area contributed by atoms with Crippen LogP contribution in [0.5, 0.6) is 0 Å². The number of carbonyl (C=O) groups is 1. The van der Waals surface area contributed by atoms with Gasteiger partial charge in [-0.2, -0.15) is 9.36 Å². The molecule has 7 heteroatoms. The van der Waals surface area contributed by atoms with Gasteiger partial charge in [-0.05, 0) is 17.9 Å². The minimum atomic E-state index is 0.138. The largest absolute Gasteiger partial charge is 0.345 e.